The molecule has 2 amide bonds. The predicted octanol–water partition coefficient (Wildman–Crippen LogP) is 4.89. The van der Waals surface area contributed by atoms with E-state index in [2.05, 4.69) is 25.3 Å². The number of carbonyl (C=O) groups excluding carboxylic acids is 2. The van der Waals surface area contributed by atoms with Crippen LogP contribution in [0.2, 0.25) is 0 Å². The van der Waals surface area contributed by atoms with E-state index in [0.717, 1.165) is 6.20 Å². The summed E-state index contributed by atoms with van der Waals surface area (Å²) in [7, 11) is 0. The second kappa shape index (κ2) is 10.6. The smallest absolute Gasteiger partial charge is 0.413 e. The molecule has 2 aliphatic heterocycles. The summed E-state index contributed by atoms with van der Waals surface area (Å²) >= 11 is 1.31. The third-order valence-corrected chi connectivity index (χ3v) is 6.48. The van der Waals surface area contributed by atoms with Gasteiger partial charge in [-0.05, 0) is 57.5 Å². The first-order chi connectivity index (χ1) is 17.4. The zero-order chi connectivity index (χ0) is 26.8. The van der Waals surface area contributed by atoms with Crippen LogP contribution in [0.1, 0.15) is 43.2 Å². The highest BCUT2D eigenvalue weighted by Crippen LogP contribution is 2.48. The molecule has 1 fully saturated rings. The van der Waals surface area contributed by atoms with E-state index in [1.165, 1.54) is 42.1 Å². The van der Waals surface area contributed by atoms with Crippen molar-refractivity contribution in [1.29, 1.82) is 0 Å². The maximum atomic E-state index is 15.1. The van der Waals surface area contributed by atoms with Crippen LogP contribution in [0, 0.1) is 11.7 Å². The van der Waals surface area contributed by atoms with Gasteiger partial charge in [0.25, 0.3) is 5.91 Å². The molecule has 9 nitrogen and oxygen atoms in total. The summed E-state index contributed by atoms with van der Waals surface area (Å²) in [5.74, 6) is -1.09. The Bertz CT molecular complexity index is 1210. The number of ether oxygens (including phenoxy) is 3. The van der Waals surface area contributed by atoms with Gasteiger partial charge in [0.15, 0.2) is 10.9 Å². The van der Waals surface area contributed by atoms with Gasteiger partial charge in [-0.3, -0.25) is 10.1 Å². The van der Waals surface area contributed by atoms with Gasteiger partial charge >= 0.3 is 12.7 Å². The molecule has 0 saturated carbocycles. The van der Waals surface area contributed by atoms with Crippen molar-refractivity contribution in [2.45, 2.75) is 45.1 Å². The van der Waals surface area contributed by atoms with Gasteiger partial charge in [0.2, 0.25) is 0 Å². The SMILES string of the molecule is CC(C)(C)OC(=O)NC1=N[C@]2(c3cc(NC(=O)c4ccc(OC(F)F)cn4)ccc3F)OCC[C@@H]2CS1. The summed E-state index contributed by atoms with van der Waals surface area (Å²) in [5, 5.41) is 5.45. The van der Waals surface area contributed by atoms with Crippen LogP contribution in [0.3, 0.4) is 0 Å². The number of benzene rings is 1. The number of amidine groups is 1. The number of amides is 2. The first-order valence-corrected chi connectivity index (χ1v) is 12.3. The molecule has 0 spiro atoms. The molecule has 1 saturated heterocycles. The molecule has 1 aromatic heterocycles. The van der Waals surface area contributed by atoms with Gasteiger partial charge in [-0.2, -0.15) is 8.78 Å². The maximum Gasteiger partial charge on any atom is 0.413 e. The summed E-state index contributed by atoms with van der Waals surface area (Å²) in [6.45, 7) is 2.52. The molecule has 2 atom stereocenters. The number of hydrogen-bond acceptors (Lipinski definition) is 8. The maximum absolute atomic E-state index is 15.1. The van der Waals surface area contributed by atoms with Gasteiger partial charge in [0.05, 0.1) is 12.8 Å². The van der Waals surface area contributed by atoms with Crippen LogP contribution < -0.4 is 15.4 Å². The van der Waals surface area contributed by atoms with E-state index in [-0.39, 0.29) is 33.8 Å². The van der Waals surface area contributed by atoms with Crippen LogP contribution in [-0.2, 0) is 15.2 Å². The molecule has 37 heavy (non-hydrogen) atoms. The Morgan fingerprint density at radius 3 is 2.68 bits per heavy atom. The lowest BCUT2D eigenvalue weighted by molar-refractivity contribution is -0.0500. The number of thioether (sulfide) groups is 1. The molecule has 0 aliphatic carbocycles. The molecule has 0 bridgehead atoms. The van der Waals surface area contributed by atoms with E-state index in [0.29, 0.717) is 18.8 Å². The molecule has 0 unspecified atom stereocenters. The lowest BCUT2D eigenvalue weighted by atomic mass is 9.89. The molecule has 3 heterocycles. The van der Waals surface area contributed by atoms with Crippen molar-refractivity contribution in [2.75, 3.05) is 17.7 Å². The van der Waals surface area contributed by atoms with Crippen LogP contribution in [-0.4, -0.2) is 46.7 Å². The minimum atomic E-state index is -3.01. The van der Waals surface area contributed by atoms with Crippen LogP contribution >= 0.6 is 11.8 Å². The Labute approximate surface area is 215 Å². The van der Waals surface area contributed by atoms with Crippen molar-refractivity contribution in [2.24, 2.45) is 10.9 Å². The number of hydrogen-bond donors (Lipinski definition) is 2. The first-order valence-electron chi connectivity index (χ1n) is 11.3. The number of alkyl halides is 2. The second-order valence-corrected chi connectivity index (χ2v) is 10.3. The number of rotatable bonds is 5. The van der Waals surface area contributed by atoms with Gasteiger partial charge in [-0.25, -0.2) is 19.2 Å². The number of alkyl carbamates (subject to hydrolysis) is 1. The minimum absolute atomic E-state index is 0.0587. The fraction of sp³-hybridized carbons (Fsp3) is 0.417. The van der Waals surface area contributed by atoms with E-state index in [9.17, 15) is 18.4 Å². The Hall–Kier alpha value is -3.32. The molecule has 2 aliphatic rings. The molecule has 2 N–H and O–H groups in total. The molecule has 0 radical (unpaired) electrons. The fourth-order valence-corrected chi connectivity index (χ4v) is 5.03. The van der Waals surface area contributed by atoms with Crippen LogP contribution in [0.4, 0.5) is 23.7 Å². The van der Waals surface area contributed by atoms with Crippen molar-refractivity contribution >= 4 is 34.6 Å². The van der Waals surface area contributed by atoms with Gasteiger partial charge in [0, 0.05) is 22.9 Å². The van der Waals surface area contributed by atoms with Crippen LogP contribution in [0.25, 0.3) is 0 Å². The standard InChI is InChI=1S/C24H25F3N4O5S/c1-23(2,3)36-22(33)30-21-31-24(13(12-37-21)8-9-34-24)16-10-14(4-6-17(16)25)29-19(32)18-7-5-15(11-28-18)35-20(26)27/h4-7,10-11,13,20H,8-9,12H2,1-3H3,(H,29,32)(H,30,31,33)/t13-,24+/m1/s1. The largest absolute Gasteiger partial charge is 0.444 e. The number of fused-ring (bicyclic) bond motifs is 1. The van der Waals surface area contributed by atoms with Gasteiger partial charge in [-0.15, -0.1) is 0 Å². The molecule has 1 aromatic carbocycles. The van der Waals surface area contributed by atoms with Crippen LogP contribution in [0.15, 0.2) is 41.5 Å². The van der Waals surface area contributed by atoms with Crippen molar-refractivity contribution < 1.29 is 37.0 Å². The highest BCUT2D eigenvalue weighted by molar-refractivity contribution is 8.13. The fourth-order valence-electron chi connectivity index (χ4n) is 3.93. The number of nitrogens with one attached hydrogen (secondary N) is 2. The third-order valence-electron chi connectivity index (χ3n) is 5.44. The highest BCUT2D eigenvalue weighted by atomic mass is 32.2. The number of halogens is 3. The van der Waals surface area contributed by atoms with Crippen molar-refractivity contribution in [1.82, 2.24) is 10.3 Å². The summed E-state index contributed by atoms with van der Waals surface area (Å²) in [6.07, 6.45) is 0.938. The topological polar surface area (TPSA) is 111 Å². The first kappa shape index (κ1) is 26.7. The van der Waals surface area contributed by atoms with Gasteiger partial charge in [-0.1, -0.05) is 11.8 Å². The average Bonchev–Trinajstić information content (AvgIpc) is 3.23. The number of aliphatic imine (C=N–C) groups is 1. The van der Waals surface area contributed by atoms with E-state index in [1.54, 1.807) is 20.8 Å². The Morgan fingerprint density at radius 1 is 1.22 bits per heavy atom. The number of carbonyl (C=O) groups is 2. The Kier molecular flexibility index (Phi) is 7.64. The Morgan fingerprint density at radius 2 is 2.00 bits per heavy atom. The molecular weight excluding hydrogens is 513 g/mol. The van der Waals surface area contributed by atoms with Crippen LogP contribution in [0.5, 0.6) is 5.75 Å². The summed E-state index contributed by atoms with van der Waals surface area (Å²) < 4.78 is 55.3. The molecular formula is C24H25F3N4O5S. The van der Waals surface area contributed by atoms with Gasteiger partial charge < -0.3 is 19.5 Å². The molecule has 13 heteroatoms. The van der Waals surface area contributed by atoms with E-state index in [4.69, 9.17) is 9.47 Å². The average molecular weight is 539 g/mol. The van der Waals surface area contributed by atoms with Crippen molar-refractivity contribution in [3.8, 4) is 5.75 Å². The van der Waals surface area contributed by atoms with E-state index in [1.807, 2.05) is 0 Å². The second-order valence-electron chi connectivity index (χ2n) is 9.29. The zero-order valence-electron chi connectivity index (χ0n) is 20.2. The predicted molar refractivity (Wildman–Crippen MR) is 130 cm³/mol. The van der Waals surface area contributed by atoms with E-state index >= 15 is 4.39 Å². The van der Waals surface area contributed by atoms with Crippen molar-refractivity contribution in [3.05, 3.63) is 53.6 Å². The number of anilines is 1. The molecule has 2 aromatic rings. The lowest BCUT2D eigenvalue weighted by Crippen LogP contribution is -2.42. The Balaban J connectivity index is 1.57. The van der Waals surface area contributed by atoms with Gasteiger partial charge in [0.1, 0.15) is 22.9 Å². The number of nitrogens with zero attached hydrogens (tertiary/aromatic N) is 2. The summed E-state index contributed by atoms with van der Waals surface area (Å²) in [5.41, 5.74) is -1.82. The number of pyridine rings is 1. The number of aromatic nitrogens is 1. The molecule has 4 rings (SSSR count). The third kappa shape index (κ3) is 6.34. The zero-order valence-corrected chi connectivity index (χ0v) is 21.0. The summed E-state index contributed by atoms with van der Waals surface area (Å²) in [4.78, 5) is 33.3. The normalized spacial score (nSPS) is 21.2. The lowest BCUT2D eigenvalue weighted by Gasteiger charge is -2.35. The monoisotopic (exact) mass is 538 g/mol. The van der Waals surface area contributed by atoms with E-state index < -0.39 is 35.8 Å². The molecule has 198 valence electrons. The minimum Gasteiger partial charge on any atom is -0.444 e. The van der Waals surface area contributed by atoms with Crippen molar-refractivity contribution in [3.63, 3.8) is 0 Å². The highest BCUT2D eigenvalue weighted by Gasteiger charge is 2.50. The summed E-state index contributed by atoms with van der Waals surface area (Å²) in [6, 6.07) is 6.39. The quantitative estimate of drug-likeness (QED) is 0.558.